The van der Waals surface area contributed by atoms with Gasteiger partial charge in [-0.2, -0.15) is 0 Å². The van der Waals surface area contributed by atoms with Gasteiger partial charge in [0, 0.05) is 77.1 Å². The number of esters is 1. The molecule has 26 heteroatoms. The number of methoxy groups -OCH3 is 2. The lowest BCUT2D eigenvalue weighted by molar-refractivity contribution is -0.162. The maximum atomic E-state index is 14.4. The fraction of sp³-hybridized carbons (Fsp3) is 0.679. The van der Waals surface area contributed by atoms with E-state index in [0.717, 1.165) is 16.0 Å². The van der Waals surface area contributed by atoms with Crippen LogP contribution in [0.25, 0.3) is 0 Å². The molecule has 458 valence electrons. The number of ether oxygens (including phenoxy) is 9. The van der Waals surface area contributed by atoms with Crippen LogP contribution in [0.4, 0.5) is 10.5 Å². The number of hydrogen-bond donors (Lipinski definition) is 4. The first-order chi connectivity index (χ1) is 38.7. The van der Waals surface area contributed by atoms with E-state index in [1.165, 1.54) is 49.8 Å². The molecule has 9 atom stereocenters. The highest BCUT2D eigenvalue weighted by Gasteiger charge is 2.64. The number of carbonyl (C=O) groups is 8. The lowest BCUT2D eigenvalue weighted by Crippen LogP contribution is -2.63. The van der Waals surface area contributed by atoms with Crippen molar-refractivity contribution in [2.75, 3.05) is 99.2 Å². The normalized spacial score (nSPS) is 26.4. The number of amides is 7. The molecule has 0 saturated carbocycles. The fourth-order valence-corrected chi connectivity index (χ4v) is 11.5. The molecule has 4 aliphatic heterocycles. The second-order valence-corrected chi connectivity index (χ2v) is 23.9. The molecule has 0 radical (unpaired) electrons. The number of aliphatic hydroxyl groups is 1. The average molecular weight is 1200 g/mol. The van der Waals surface area contributed by atoms with Crippen molar-refractivity contribution in [1.82, 2.24) is 20.4 Å². The Morgan fingerprint density at radius 2 is 1.62 bits per heavy atom. The van der Waals surface area contributed by atoms with Crippen LogP contribution in [-0.4, -0.2) is 208 Å². The number of alkyl carbamates (subject to hydrolysis) is 1. The minimum absolute atomic E-state index is 0.0375. The van der Waals surface area contributed by atoms with Gasteiger partial charge in [0.15, 0.2) is 5.72 Å². The number of nitrogens with zero attached hydrogens (tertiary/aromatic N) is 3. The first kappa shape index (κ1) is 67.4. The minimum Gasteiger partial charge on any atom is -0.495 e. The monoisotopic (exact) mass is 1190 g/mol. The number of hydrogen-bond acceptors (Lipinski definition) is 19. The van der Waals surface area contributed by atoms with E-state index < -0.39 is 106 Å². The summed E-state index contributed by atoms with van der Waals surface area (Å²) < 4.78 is 50.4. The van der Waals surface area contributed by atoms with Gasteiger partial charge < -0.3 is 68.6 Å². The molecule has 0 aliphatic carbocycles. The summed E-state index contributed by atoms with van der Waals surface area (Å²) >= 11 is 8.10. The molecule has 4 aliphatic rings. The lowest BCUT2D eigenvalue weighted by Gasteiger charge is -2.42. The van der Waals surface area contributed by atoms with Crippen molar-refractivity contribution < 1.29 is 86.1 Å². The molecule has 24 nitrogen and oxygen atoms in total. The van der Waals surface area contributed by atoms with Crippen LogP contribution in [0.3, 0.4) is 0 Å². The second-order valence-electron chi connectivity index (χ2n) is 21.6. The Kier molecular flexibility index (Phi) is 25.5. The van der Waals surface area contributed by atoms with Crippen LogP contribution in [-0.2, 0) is 77.9 Å². The topological polar surface area (TPSA) is 303 Å². The summed E-state index contributed by atoms with van der Waals surface area (Å²) in [6, 6.07) is 2.38. The summed E-state index contributed by atoms with van der Waals surface area (Å²) in [5.41, 5.74) is 3.83. The van der Waals surface area contributed by atoms with E-state index in [4.69, 9.17) is 60.0 Å². The molecule has 3 fully saturated rings. The number of carbonyl (C=O) groups excluding carboxylic acids is 8. The highest BCUT2D eigenvalue weighted by atomic mass is 35.5. The molecular weight excluding hydrogens is 1110 g/mol. The molecular formula is C56H83ClN6O18S. The molecule has 3 saturated heterocycles. The van der Waals surface area contributed by atoms with E-state index in [1.807, 2.05) is 26.8 Å². The maximum Gasteiger partial charge on any atom is 0.409 e. The van der Waals surface area contributed by atoms with Gasteiger partial charge in [0.1, 0.15) is 40.7 Å². The van der Waals surface area contributed by atoms with Gasteiger partial charge in [-0.15, -0.1) is 11.8 Å². The molecule has 0 spiro atoms. The van der Waals surface area contributed by atoms with Gasteiger partial charge in [-0.25, -0.2) is 9.59 Å². The van der Waals surface area contributed by atoms with Crippen molar-refractivity contribution in [3.63, 3.8) is 0 Å². The Labute approximate surface area is 489 Å². The number of likely N-dealkylation sites (N-methyl/N-ethyl adjacent to an activating group) is 1. The number of imide groups is 1. The molecule has 5 rings (SSSR count). The molecule has 0 aromatic heterocycles. The zero-order chi connectivity index (χ0) is 60.5. The van der Waals surface area contributed by atoms with E-state index >= 15 is 0 Å². The van der Waals surface area contributed by atoms with Crippen LogP contribution >= 0.6 is 23.4 Å². The standard InChI is InChI=1S/C56H83ClN6O18S/c1-34-12-11-13-42(74-10)56(72)33-40(79-53(71)60-56)35(2)50-55(6,81-50)43(32-47(67)62(8)38-29-37(28-34)30-39(73-9)49(38)57)80-52(70)36(3)61(7)46(66)14-17-54(4,5)82-41-31-48(68)63(51(41)69)19-15-45(65)59-18-21-76-23-25-78-27-26-77-24-22-75-20-16-44(58)64/h11-13,29-30,35-36,40-43,50,72H,14-28,31-33H2,1-10H3,(H2,58,64)(H,59,65)(H,60,71)/b13-11+,34-12+/t35-,36+,40+,41?,42-,43+,50+,55+,56+/m1/s1. The molecule has 4 bridgehead atoms. The Morgan fingerprint density at radius 3 is 2.26 bits per heavy atom. The average Bonchev–Trinajstić information content (AvgIpc) is 3.49. The van der Waals surface area contributed by atoms with Crippen LogP contribution in [0.2, 0.25) is 5.02 Å². The summed E-state index contributed by atoms with van der Waals surface area (Å²) in [5, 5.41) is 16.6. The Morgan fingerprint density at radius 1 is 0.976 bits per heavy atom. The highest BCUT2D eigenvalue weighted by Crippen LogP contribution is 2.49. The highest BCUT2D eigenvalue weighted by molar-refractivity contribution is 8.02. The van der Waals surface area contributed by atoms with Crippen LogP contribution in [0.1, 0.15) is 92.1 Å². The predicted octanol–water partition coefficient (Wildman–Crippen LogP) is 3.38. The SMILES string of the molecule is COc1cc2cc(c1Cl)N(C)C(=O)C[C@H](OC(=O)[C@H](C)N(C)C(=O)CCC(C)(C)SC1CC(=O)N(CCC(=O)NCCOCCOCCOCCOCCC(N)=O)C1=O)[C@]1(C)O[C@H]1[C@H](C)[C@@H]1C[C@@](O)(NC(=O)O1)[C@H](OC)/C=C/C=C(\C)C2. The Bertz CT molecular complexity index is 2500. The number of halogens is 1. The summed E-state index contributed by atoms with van der Waals surface area (Å²) in [6.45, 7) is 13.2. The number of thioether (sulfide) groups is 1. The molecule has 4 heterocycles. The van der Waals surface area contributed by atoms with Crippen LogP contribution in [0, 0.1) is 5.92 Å². The summed E-state index contributed by atoms with van der Waals surface area (Å²) in [6.07, 6.45) is 0.531. The maximum absolute atomic E-state index is 14.4. The third-order valence-electron chi connectivity index (χ3n) is 14.9. The lowest BCUT2D eigenvalue weighted by atomic mass is 9.83. The van der Waals surface area contributed by atoms with Gasteiger partial charge in [-0.1, -0.05) is 56.2 Å². The van der Waals surface area contributed by atoms with Crippen molar-refractivity contribution in [3.8, 4) is 5.75 Å². The largest absolute Gasteiger partial charge is 0.495 e. The van der Waals surface area contributed by atoms with Crippen molar-refractivity contribution in [2.45, 2.75) is 145 Å². The smallest absolute Gasteiger partial charge is 0.409 e. The number of rotatable bonds is 28. The van der Waals surface area contributed by atoms with E-state index in [1.54, 1.807) is 45.2 Å². The van der Waals surface area contributed by atoms with Crippen molar-refractivity contribution in [1.29, 1.82) is 0 Å². The van der Waals surface area contributed by atoms with Crippen molar-refractivity contribution in [3.05, 3.63) is 46.5 Å². The number of benzene rings is 1. The first-order valence-electron chi connectivity index (χ1n) is 27.5. The Hall–Kier alpha value is -5.38. The van der Waals surface area contributed by atoms with Gasteiger partial charge in [0.2, 0.25) is 35.4 Å². The van der Waals surface area contributed by atoms with E-state index in [9.17, 15) is 43.5 Å². The van der Waals surface area contributed by atoms with Crippen LogP contribution in [0.5, 0.6) is 5.75 Å². The van der Waals surface area contributed by atoms with Crippen molar-refractivity contribution >= 4 is 76.6 Å². The molecule has 82 heavy (non-hydrogen) atoms. The van der Waals surface area contributed by atoms with Crippen molar-refractivity contribution in [2.24, 2.45) is 11.7 Å². The van der Waals surface area contributed by atoms with Gasteiger partial charge in [0.05, 0.1) is 83.4 Å². The molecule has 7 amide bonds. The fourth-order valence-electron chi connectivity index (χ4n) is 9.73. The van der Waals surface area contributed by atoms with Gasteiger partial charge in [0.25, 0.3) is 0 Å². The molecule has 1 aromatic carbocycles. The number of allylic oxidation sites excluding steroid dienone is 3. The van der Waals surface area contributed by atoms with Crippen LogP contribution in [0.15, 0.2) is 35.9 Å². The molecule has 1 aromatic rings. The molecule has 1 unspecified atom stereocenters. The number of epoxide rings is 1. The third kappa shape index (κ3) is 19.1. The minimum atomic E-state index is -1.89. The van der Waals surface area contributed by atoms with E-state index in [-0.39, 0.29) is 75.8 Å². The van der Waals surface area contributed by atoms with Gasteiger partial charge in [-0.05, 0) is 51.3 Å². The van der Waals surface area contributed by atoms with E-state index in [2.05, 4.69) is 10.6 Å². The second kappa shape index (κ2) is 31.0. The number of nitrogens with one attached hydrogen (secondary N) is 2. The van der Waals surface area contributed by atoms with Gasteiger partial charge in [-0.3, -0.25) is 39.0 Å². The summed E-state index contributed by atoms with van der Waals surface area (Å²) in [4.78, 5) is 109. The number of anilines is 1. The van der Waals surface area contributed by atoms with E-state index in [0.29, 0.717) is 57.5 Å². The number of likely N-dealkylation sites (tertiary alicyclic amines) is 1. The zero-order valence-corrected chi connectivity index (χ0v) is 50.3. The number of fused-ring (bicyclic) bond motifs is 5. The Balaban J connectivity index is 1.14. The third-order valence-corrected chi connectivity index (χ3v) is 16.7. The predicted molar refractivity (Wildman–Crippen MR) is 302 cm³/mol. The van der Waals surface area contributed by atoms with Crippen LogP contribution < -0.4 is 26.0 Å². The zero-order valence-electron chi connectivity index (χ0n) is 48.7. The first-order valence-corrected chi connectivity index (χ1v) is 28.7. The van der Waals surface area contributed by atoms with Gasteiger partial charge >= 0.3 is 12.1 Å². The quantitative estimate of drug-likeness (QED) is 0.0405. The molecule has 5 N–H and O–H groups in total. The summed E-state index contributed by atoms with van der Waals surface area (Å²) in [7, 11) is 5.88. The number of primary amides is 1. The number of nitrogens with two attached hydrogens (primary N) is 1. The summed E-state index contributed by atoms with van der Waals surface area (Å²) in [5.74, 6) is -3.62.